The van der Waals surface area contributed by atoms with E-state index < -0.39 is 0 Å². The van der Waals surface area contributed by atoms with Crippen molar-refractivity contribution in [3.05, 3.63) is 56.9 Å². The van der Waals surface area contributed by atoms with Crippen molar-refractivity contribution in [2.75, 3.05) is 26.2 Å². The predicted molar refractivity (Wildman–Crippen MR) is 167 cm³/mol. The van der Waals surface area contributed by atoms with Crippen LogP contribution in [0.4, 0.5) is 4.79 Å². The normalized spacial score (nSPS) is 17.0. The summed E-state index contributed by atoms with van der Waals surface area (Å²) in [6.45, 7) is 7.48. The molecule has 0 atom stereocenters. The van der Waals surface area contributed by atoms with Gasteiger partial charge >= 0.3 is 12.1 Å². The van der Waals surface area contributed by atoms with Gasteiger partial charge in [0.05, 0.1) is 35.6 Å². The molecule has 0 aliphatic carbocycles. The topological polar surface area (TPSA) is 114 Å². The summed E-state index contributed by atoms with van der Waals surface area (Å²) in [5, 5.41) is 11.0. The van der Waals surface area contributed by atoms with E-state index in [9.17, 15) is 19.5 Å². The molecule has 2 saturated heterocycles. The molecular formula is C34H42N4O6. The van der Waals surface area contributed by atoms with Crippen molar-refractivity contribution in [2.45, 2.75) is 91.0 Å². The zero-order valence-electron chi connectivity index (χ0n) is 25.8. The number of carbonyl (C=O) groups excluding carboxylic acids is 2. The van der Waals surface area contributed by atoms with Gasteiger partial charge in [0.15, 0.2) is 0 Å². The van der Waals surface area contributed by atoms with E-state index in [1.807, 2.05) is 24.0 Å². The molecule has 10 heteroatoms. The van der Waals surface area contributed by atoms with Gasteiger partial charge in [0.25, 0.3) is 5.56 Å². The number of aliphatic hydroxyl groups is 1. The molecule has 3 aliphatic heterocycles. The van der Waals surface area contributed by atoms with Crippen molar-refractivity contribution in [3.8, 4) is 17.1 Å². The van der Waals surface area contributed by atoms with E-state index in [0.717, 1.165) is 34.9 Å². The number of ether oxygens (including phenoxy) is 2. The summed E-state index contributed by atoms with van der Waals surface area (Å²) in [5.41, 5.74) is 4.48. The molecule has 5 heterocycles. The maximum absolute atomic E-state index is 13.6. The smallest absolute Gasteiger partial charge is 0.415 e. The molecule has 10 nitrogen and oxygen atoms in total. The van der Waals surface area contributed by atoms with E-state index in [2.05, 4.69) is 11.8 Å². The van der Waals surface area contributed by atoms with Crippen LogP contribution in [0, 0.1) is 0 Å². The average molecular weight is 603 g/mol. The van der Waals surface area contributed by atoms with E-state index in [-0.39, 0.29) is 42.8 Å². The number of hydrogen-bond donors (Lipinski definition) is 1. The first-order valence-electron chi connectivity index (χ1n) is 16.1. The van der Waals surface area contributed by atoms with Crippen LogP contribution >= 0.6 is 0 Å². The predicted octanol–water partition coefficient (Wildman–Crippen LogP) is 4.77. The molecule has 3 aliphatic rings. The Morgan fingerprint density at radius 3 is 2.50 bits per heavy atom. The lowest BCUT2D eigenvalue weighted by atomic mass is 9.98. The summed E-state index contributed by atoms with van der Waals surface area (Å²) in [5.74, 6) is 0.104. The number of aliphatic hydroxyl groups excluding tert-OH is 1. The van der Waals surface area contributed by atoms with Crippen LogP contribution in [-0.4, -0.2) is 68.7 Å². The number of nitrogens with zero attached hydrogens (tertiary/aromatic N) is 4. The first-order chi connectivity index (χ1) is 21.4. The van der Waals surface area contributed by atoms with E-state index in [1.165, 1.54) is 32.4 Å². The number of likely N-dealkylation sites (tertiary alicyclic amines) is 2. The monoisotopic (exact) mass is 602 g/mol. The van der Waals surface area contributed by atoms with Gasteiger partial charge in [-0.1, -0.05) is 20.3 Å². The minimum absolute atomic E-state index is 0.176. The van der Waals surface area contributed by atoms with Crippen LogP contribution in [0.5, 0.6) is 5.75 Å². The molecule has 1 N–H and O–H groups in total. The Kier molecular flexibility index (Phi) is 9.00. The largest absolute Gasteiger partial charge is 0.461 e. The number of hydrogen-bond acceptors (Lipinski definition) is 8. The van der Waals surface area contributed by atoms with Crippen LogP contribution in [0.1, 0.15) is 81.0 Å². The van der Waals surface area contributed by atoms with Crippen LogP contribution in [-0.2, 0) is 35.7 Å². The third kappa shape index (κ3) is 5.85. The number of aryl methyl sites for hydroxylation is 1. The Morgan fingerprint density at radius 2 is 1.80 bits per heavy atom. The lowest BCUT2D eigenvalue weighted by Crippen LogP contribution is -2.48. The molecule has 1 amide bonds. The molecule has 0 bridgehead atoms. The van der Waals surface area contributed by atoms with Gasteiger partial charge in [-0.25, -0.2) is 9.78 Å². The summed E-state index contributed by atoms with van der Waals surface area (Å²) in [7, 11) is 0. The number of esters is 1. The van der Waals surface area contributed by atoms with Gasteiger partial charge in [-0.05, 0) is 87.0 Å². The minimum Gasteiger partial charge on any atom is -0.461 e. The number of carbonyl (C=O) groups is 2. The molecule has 2 fully saturated rings. The van der Waals surface area contributed by atoms with Crippen LogP contribution in [0.2, 0.25) is 0 Å². The first-order valence-corrected chi connectivity index (χ1v) is 16.1. The van der Waals surface area contributed by atoms with Gasteiger partial charge in [0.1, 0.15) is 12.4 Å². The fraction of sp³-hybridized carbons (Fsp3) is 0.529. The lowest BCUT2D eigenvalue weighted by molar-refractivity contribution is -0.145. The maximum Gasteiger partial charge on any atom is 0.415 e. The molecule has 2 aromatic heterocycles. The van der Waals surface area contributed by atoms with Crippen molar-refractivity contribution < 1.29 is 24.2 Å². The lowest BCUT2D eigenvalue weighted by Gasteiger charge is -2.39. The number of rotatable bonds is 8. The van der Waals surface area contributed by atoms with Gasteiger partial charge < -0.3 is 28.9 Å². The molecule has 3 aromatic rings. The highest BCUT2D eigenvalue weighted by Crippen LogP contribution is 2.37. The highest BCUT2D eigenvalue weighted by Gasteiger charge is 2.30. The number of benzene rings is 1. The van der Waals surface area contributed by atoms with Crippen LogP contribution < -0.4 is 10.3 Å². The number of pyridine rings is 2. The van der Waals surface area contributed by atoms with Gasteiger partial charge in [-0.15, -0.1) is 0 Å². The quantitative estimate of drug-likeness (QED) is 0.287. The molecule has 1 aromatic carbocycles. The fourth-order valence-corrected chi connectivity index (χ4v) is 7.04. The SMILES string of the molecule is CCCC(=O)OCc1c(CO)cc2n(c1=O)Cc1c-2nc2ccc(OC(=O)N3CCC(N4CCCCC4)CC3)cc2c1CC. The third-order valence-corrected chi connectivity index (χ3v) is 9.42. The Balaban J connectivity index is 1.22. The second kappa shape index (κ2) is 13.1. The number of aromatic nitrogens is 2. The van der Waals surface area contributed by atoms with Crippen LogP contribution in [0.3, 0.4) is 0 Å². The number of amides is 1. The van der Waals surface area contributed by atoms with E-state index in [0.29, 0.717) is 61.2 Å². The van der Waals surface area contributed by atoms with E-state index in [4.69, 9.17) is 14.5 Å². The Labute approximate surface area is 257 Å². The van der Waals surface area contributed by atoms with Crippen LogP contribution in [0.15, 0.2) is 29.1 Å². The maximum atomic E-state index is 13.6. The van der Waals surface area contributed by atoms with Crippen molar-refractivity contribution in [3.63, 3.8) is 0 Å². The highest BCUT2D eigenvalue weighted by atomic mass is 16.6. The summed E-state index contributed by atoms with van der Waals surface area (Å²) < 4.78 is 12.9. The minimum atomic E-state index is -0.371. The Bertz CT molecular complexity index is 1620. The zero-order valence-corrected chi connectivity index (χ0v) is 25.8. The van der Waals surface area contributed by atoms with Crippen molar-refractivity contribution in [2.24, 2.45) is 0 Å². The summed E-state index contributed by atoms with van der Waals surface area (Å²) in [6, 6.07) is 7.84. The van der Waals surface area contributed by atoms with Gasteiger partial charge in [-0.3, -0.25) is 9.59 Å². The number of piperidine rings is 2. The van der Waals surface area contributed by atoms with E-state index in [1.54, 1.807) is 16.7 Å². The van der Waals surface area contributed by atoms with Crippen LogP contribution in [0.25, 0.3) is 22.3 Å². The summed E-state index contributed by atoms with van der Waals surface area (Å²) in [4.78, 5) is 48.0. The fourth-order valence-electron chi connectivity index (χ4n) is 7.04. The van der Waals surface area contributed by atoms with Gasteiger partial charge in [-0.2, -0.15) is 0 Å². The highest BCUT2D eigenvalue weighted by molar-refractivity contribution is 5.89. The van der Waals surface area contributed by atoms with Crippen molar-refractivity contribution in [1.29, 1.82) is 0 Å². The zero-order chi connectivity index (χ0) is 30.8. The van der Waals surface area contributed by atoms with E-state index >= 15 is 0 Å². The third-order valence-electron chi connectivity index (χ3n) is 9.42. The molecule has 0 spiro atoms. The second-order valence-corrected chi connectivity index (χ2v) is 12.1. The molecule has 0 radical (unpaired) electrons. The molecule has 234 valence electrons. The summed E-state index contributed by atoms with van der Waals surface area (Å²) in [6.07, 6.45) is 7.11. The molecule has 0 unspecified atom stereocenters. The number of fused-ring (bicyclic) bond motifs is 4. The Hall–Kier alpha value is -3.76. The van der Waals surface area contributed by atoms with Crippen molar-refractivity contribution in [1.82, 2.24) is 19.4 Å². The molecule has 0 saturated carbocycles. The first kappa shape index (κ1) is 30.3. The average Bonchev–Trinajstić information content (AvgIpc) is 3.42. The van der Waals surface area contributed by atoms with Gasteiger partial charge in [0, 0.05) is 36.5 Å². The van der Waals surface area contributed by atoms with Gasteiger partial charge in [0.2, 0.25) is 0 Å². The summed E-state index contributed by atoms with van der Waals surface area (Å²) >= 11 is 0. The molecular weight excluding hydrogens is 560 g/mol. The van der Waals surface area contributed by atoms with Crippen molar-refractivity contribution >= 4 is 23.0 Å². The standard InChI is InChI=1S/C34H42N4O6/c1-3-8-31(40)43-21-28-22(20-39)17-30-32-27(19-38(30)33(28)41)25(4-2)26-18-24(9-10-29(26)35-32)44-34(42)37-15-11-23(12-16-37)36-13-6-5-7-14-36/h9-10,17-18,23,39H,3-8,11-16,19-21H2,1-2H3. The molecule has 6 rings (SSSR count). The molecule has 44 heavy (non-hydrogen) atoms. The second-order valence-electron chi connectivity index (χ2n) is 12.1. The Morgan fingerprint density at radius 1 is 1.02 bits per heavy atom.